The highest BCUT2D eigenvalue weighted by molar-refractivity contribution is 4.76. The molecule has 1 saturated carbocycles. The molecule has 1 unspecified atom stereocenters. The summed E-state index contributed by atoms with van der Waals surface area (Å²) in [6, 6.07) is 0. The molecule has 0 aromatic carbocycles. The molecule has 0 spiro atoms. The lowest BCUT2D eigenvalue weighted by Gasteiger charge is -2.28. The minimum absolute atomic E-state index is 0.853. The molecule has 0 aromatic heterocycles. The van der Waals surface area contributed by atoms with Crippen LogP contribution in [0.25, 0.3) is 0 Å². The number of hydrogen-bond acceptors (Lipinski definition) is 1. The molecule has 1 heteroatoms. The summed E-state index contributed by atoms with van der Waals surface area (Å²) < 4.78 is 0. The maximum Gasteiger partial charge on any atom is -0.00178 e. The second kappa shape index (κ2) is 8.97. The van der Waals surface area contributed by atoms with Gasteiger partial charge in [0.2, 0.25) is 0 Å². The molecule has 1 aliphatic carbocycles. The van der Waals surface area contributed by atoms with E-state index in [4.69, 9.17) is 0 Å². The maximum atomic E-state index is 3.66. The molecule has 1 rings (SSSR count). The highest BCUT2D eigenvalue weighted by Crippen LogP contribution is 2.32. The van der Waals surface area contributed by atoms with Crippen molar-refractivity contribution >= 4 is 0 Å². The average molecular weight is 239 g/mol. The summed E-state index contributed by atoms with van der Waals surface area (Å²) in [5.41, 5.74) is 0. The molecule has 0 aromatic rings. The van der Waals surface area contributed by atoms with Gasteiger partial charge in [-0.25, -0.2) is 0 Å². The van der Waals surface area contributed by atoms with Gasteiger partial charge in [-0.05, 0) is 43.7 Å². The van der Waals surface area contributed by atoms with E-state index in [1.807, 2.05) is 0 Å². The van der Waals surface area contributed by atoms with E-state index in [1.54, 1.807) is 0 Å². The van der Waals surface area contributed by atoms with Crippen LogP contribution in [0.5, 0.6) is 0 Å². The molecule has 0 amide bonds. The Labute approximate surface area is 109 Å². The van der Waals surface area contributed by atoms with Gasteiger partial charge < -0.3 is 5.32 Å². The summed E-state index contributed by atoms with van der Waals surface area (Å²) >= 11 is 0. The monoisotopic (exact) mass is 239 g/mol. The van der Waals surface area contributed by atoms with Gasteiger partial charge in [0.1, 0.15) is 0 Å². The molecule has 1 N–H and O–H groups in total. The molecule has 0 saturated heterocycles. The van der Waals surface area contributed by atoms with Crippen LogP contribution < -0.4 is 5.32 Å². The lowest BCUT2D eigenvalue weighted by Crippen LogP contribution is -2.30. The van der Waals surface area contributed by atoms with Gasteiger partial charge in [0.15, 0.2) is 0 Å². The molecule has 0 radical (unpaired) electrons. The van der Waals surface area contributed by atoms with E-state index < -0.39 is 0 Å². The molecule has 17 heavy (non-hydrogen) atoms. The Bertz CT molecular complexity index is 168. The second-order valence-electron chi connectivity index (χ2n) is 6.35. The molecule has 1 nitrogen and oxygen atoms in total. The summed E-state index contributed by atoms with van der Waals surface area (Å²) in [5.74, 6) is 2.79. The van der Waals surface area contributed by atoms with Gasteiger partial charge in [0.05, 0.1) is 0 Å². The second-order valence-corrected chi connectivity index (χ2v) is 6.35. The summed E-state index contributed by atoms with van der Waals surface area (Å²) in [4.78, 5) is 0. The van der Waals surface area contributed by atoms with Crippen molar-refractivity contribution in [2.45, 2.75) is 72.1 Å². The van der Waals surface area contributed by atoms with Crippen LogP contribution in [-0.4, -0.2) is 13.1 Å². The number of hydrogen-bond donors (Lipinski definition) is 1. The van der Waals surface area contributed by atoms with Crippen LogP contribution in [0, 0.1) is 17.8 Å². The molecule has 102 valence electrons. The Morgan fingerprint density at radius 2 is 1.71 bits per heavy atom. The first-order valence-corrected chi connectivity index (χ1v) is 7.94. The van der Waals surface area contributed by atoms with E-state index in [9.17, 15) is 0 Å². The van der Waals surface area contributed by atoms with E-state index >= 15 is 0 Å². The normalized spacial score (nSPS) is 20.5. The topological polar surface area (TPSA) is 12.0 Å². The Morgan fingerprint density at radius 1 is 1.06 bits per heavy atom. The van der Waals surface area contributed by atoms with Crippen LogP contribution in [0.15, 0.2) is 0 Å². The first kappa shape index (κ1) is 15.0. The molecule has 1 fully saturated rings. The minimum Gasteiger partial charge on any atom is -0.316 e. The number of nitrogens with one attached hydrogen (secondary N) is 1. The van der Waals surface area contributed by atoms with Crippen LogP contribution >= 0.6 is 0 Å². The van der Waals surface area contributed by atoms with Crippen LogP contribution in [0.2, 0.25) is 0 Å². The molecule has 0 heterocycles. The van der Waals surface area contributed by atoms with Crippen molar-refractivity contribution < 1.29 is 0 Å². The Balaban J connectivity index is 2.41. The van der Waals surface area contributed by atoms with Gasteiger partial charge in [0.25, 0.3) is 0 Å². The van der Waals surface area contributed by atoms with Crippen LogP contribution in [0.3, 0.4) is 0 Å². The van der Waals surface area contributed by atoms with Crippen LogP contribution in [0.1, 0.15) is 72.1 Å². The fourth-order valence-corrected chi connectivity index (χ4v) is 3.29. The standard InChI is InChI=1S/C16H33N/c1-4-11-17-13-16(12-14(2)3)15-9-7-5-6-8-10-15/h14-17H,4-13H2,1-3H3. The van der Waals surface area contributed by atoms with Crippen molar-refractivity contribution in [2.24, 2.45) is 17.8 Å². The molecule has 0 aliphatic heterocycles. The first-order chi connectivity index (χ1) is 8.24. The Morgan fingerprint density at radius 3 is 2.24 bits per heavy atom. The van der Waals surface area contributed by atoms with Gasteiger partial charge in [0, 0.05) is 0 Å². The van der Waals surface area contributed by atoms with Gasteiger partial charge in [-0.15, -0.1) is 0 Å². The third-order valence-electron chi connectivity index (χ3n) is 4.17. The quantitative estimate of drug-likeness (QED) is 0.505. The SMILES string of the molecule is CCCNCC(CC(C)C)C1CCCCCC1. The third kappa shape index (κ3) is 6.45. The van der Waals surface area contributed by atoms with Crippen LogP contribution in [-0.2, 0) is 0 Å². The highest BCUT2D eigenvalue weighted by atomic mass is 14.9. The van der Waals surface area contributed by atoms with Crippen LogP contribution in [0.4, 0.5) is 0 Å². The minimum atomic E-state index is 0.853. The lowest BCUT2D eigenvalue weighted by molar-refractivity contribution is 0.247. The van der Waals surface area contributed by atoms with Crippen molar-refractivity contribution in [2.75, 3.05) is 13.1 Å². The van der Waals surface area contributed by atoms with Gasteiger partial charge in [-0.1, -0.05) is 59.3 Å². The van der Waals surface area contributed by atoms with Crippen molar-refractivity contribution in [3.05, 3.63) is 0 Å². The Kier molecular flexibility index (Phi) is 7.92. The van der Waals surface area contributed by atoms with E-state index in [0.717, 1.165) is 17.8 Å². The molecule has 1 aliphatic rings. The van der Waals surface area contributed by atoms with Crippen molar-refractivity contribution in [3.63, 3.8) is 0 Å². The average Bonchev–Trinajstić information content (AvgIpc) is 2.56. The molecule has 0 bridgehead atoms. The van der Waals surface area contributed by atoms with E-state index in [1.165, 1.54) is 64.5 Å². The first-order valence-electron chi connectivity index (χ1n) is 7.94. The fraction of sp³-hybridized carbons (Fsp3) is 1.00. The van der Waals surface area contributed by atoms with Gasteiger partial charge >= 0.3 is 0 Å². The maximum absolute atomic E-state index is 3.66. The summed E-state index contributed by atoms with van der Waals surface area (Å²) in [6.45, 7) is 9.47. The largest absolute Gasteiger partial charge is 0.316 e. The highest BCUT2D eigenvalue weighted by Gasteiger charge is 2.22. The van der Waals surface area contributed by atoms with Crippen molar-refractivity contribution in [1.29, 1.82) is 0 Å². The van der Waals surface area contributed by atoms with E-state index in [2.05, 4.69) is 26.1 Å². The summed E-state index contributed by atoms with van der Waals surface area (Å²) in [5, 5.41) is 3.66. The van der Waals surface area contributed by atoms with E-state index in [-0.39, 0.29) is 0 Å². The van der Waals surface area contributed by atoms with Gasteiger partial charge in [-0.2, -0.15) is 0 Å². The Hall–Kier alpha value is -0.0400. The summed E-state index contributed by atoms with van der Waals surface area (Å²) in [7, 11) is 0. The third-order valence-corrected chi connectivity index (χ3v) is 4.17. The fourth-order valence-electron chi connectivity index (χ4n) is 3.29. The van der Waals surface area contributed by atoms with Crippen molar-refractivity contribution in [3.8, 4) is 0 Å². The molecule has 1 atom stereocenters. The lowest BCUT2D eigenvalue weighted by atomic mass is 9.81. The predicted molar refractivity (Wildman–Crippen MR) is 77.3 cm³/mol. The zero-order chi connectivity index (χ0) is 12.5. The zero-order valence-electron chi connectivity index (χ0n) is 12.3. The molecular formula is C16H33N. The number of rotatable bonds is 7. The zero-order valence-corrected chi connectivity index (χ0v) is 12.3. The summed E-state index contributed by atoms with van der Waals surface area (Å²) in [6.07, 6.45) is 11.6. The van der Waals surface area contributed by atoms with Crippen molar-refractivity contribution in [1.82, 2.24) is 5.32 Å². The van der Waals surface area contributed by atoms with E-state index in [0.29, 0.717) is 0 Å². The van der Waals surface area contributed by atoms with Gasteiger partial charge in [-0.3, -0.25) is 0 Å². The predicted octanol–water partition coefficient (Wildman–Crippen LogP) is 4.62. The molecular weight excluding hydrogens is 206 g/mol. The smallest absolute Gasteiger partial charge is 0.00178 e.